The van der Waals surface area contributed by atoms with Crippen LogP contribution in [0.2, 0.25) is 0 Å². The molecule has 4 heteroatoms. The number of carboxylic acids is 1. The number of rotatable bonds is 4. The van der Waals surface area contributed by atoms with E-state index >= 15 is 0 Å². The second-order valence-corrected chi connectivity index (χ2v) is 8.04. The first-order valence-electron chi connectivity index (χ1n) is 7.57. The number of carbonyl (C=O) groups is 1. The Hall–Kier alpha value is -1.03. The average molecular weight is 292 g/mol. The topological polar surface area (TPSA) is 46.5 Å². The van der Waals surface area contributed by atoms with Crippen LogP contribution in [-0.2, 0) is 0 Å². The average Bonchev–Trinajstić information content (AvgIpc) is 2.83. The van der Waals surface area contributed by atoms with E-state index in [9.17, 15) is 4.79 Å². The monoisotopic (exact) mass is 292 g/mol. The van der Waals surface area contributed by atoms with Gasteiger partial charge in [0.25, 0.3) is 0 Å². The number of thiophene rings is 1. The maximum absolute atomic E-state index is 11.1. The molecule has 1 aromatic heterocycles. The Morgan fingerprint density at radius 1 is 1.25 bits per heavy atom. The van der Waals surface area contributed by atoms with Crippen molar-refractivity contribution in [1.29, 1.82) is 0 Å². The third-order valence-electron chi connectivity index (χ3n) is 5.52. The van der Waals surface area contributed by atoms with Crippen molar-refractivity contribution in [2.24, 2.45) is 23.2 Å². The lowest BCUT2D eigenvalue weighted by atomic mass is 9.50. The van der Waals surface area contributed by atoms with Gasteiger partial charge >= 0.3 is 5.97 Å². The van der Waals surface area contributed by atoms with E-state index < -0.39 is 5.97 Å². The second kappa shape index (κ2) is 4.48. The molecule has 0 unspecified atom stereocenters. The first kappa shape index (κ1) is 12.7. The summed E-state index contributed by atoms with van der Waals surface area (Å²) in [5.74, 6) is 2.42. The molecule has 0 saturated heterocycles. The standard InChI is InChI=1S/C16H20O3S/c17-15(18)14-13(1-2-20-14)19-9-16-6-10-3-11(7-16)5-12(4-10)8-16/h1-2,10-12H,3-9H2,(H,17,18). The summed E-state index contributed by atoms with van der Waals surface area (Å²) in [7, 11) is 0. The molecular weight excluding hydrogens is 272 g/mol. The minimum atomic E-state index is -0.875. The first-order chi connectivity index (χ1) is 9.63. The highest BCUT2D eigenvalue weighted by atomic mass is 32.1. The van der Waals surface area contributed by atoms with Crippen LogP contribution in [0.25, 0.3) is 0 Å². The zero-order chi connectivity index (χ0) is 13.7. The Labute approximate surface area is 123 Å². The zero-order valence-corrected chi connectivity index (χ0v) is 12.3. The Morgan fingerprint density at radius 3 is 2.40 bits per heavy atom. The SMILES string of the molecule is O=C(O)c1sccc1OCC12CC3CC(CC(C3)C1)C2. The zero-order valence-electron chi connectivity index (χ0n) is 11.5. The molecule has 0 atom stereocenters. The highest BCUT2D eigenvalue weighted by Crippen LogP contribution is 2.60. The molecule has 5 rings (SSSR count). The number of hydrogen-bond donors (Lipinski definition) is 1. The van der Waals surface area contributed by atoms with Crippen molar-refractivity contribution in [3.63, 3.8) is 0 Å². The Bertz CT molecular complexity index is 498. The molecule has 4 fully saturated rings. The molecule has 0 aromatic carbocycles. The maximum Gasteiger partial charge on any atom is 0.349 e. The van der Waals surface area contributed by atoms with Gasteiger partial charge in [-0.05, 0) is 67.7 Å². The summed E-state index contributed by atoms with van der Waals surface area (Å²) in [6.45, 7) is 0.716. The predicted molar refractivity (Wildman–Crippen MR) is 77.4 cm³/mol. The molecule has 4 bridgehead atoms. The van der Waals surface area contributed by atoms with Gasteiger partial charge in [-0.25, -0.2) is 4.79 Å². The number of ether oxygens (including phenoxy) is 1. The smallest absolute Gasteiger partial charge is 0.349 e. The Kier molecular flexibility index (Phi) is 2.85. The van der Waals surface area contributed by atoms with Gasteiger partial charge in [-0.3, -0.25) is 0 Å². The van der Waals surface area contributed by atoms with Crippen molar-refractivity contribution in [2.75, 3.05) is 6.61 Å². The molecule has 20 heavy (non-hydrogen) atoms. The third-order valence-corrected chi connectivity index (χ3v) is 6.41. The third kappa shape index (κ3) is 2.05. The van der Waals surface area contributed by atoms with E-state index in [1.165, 1.54) is 49.9 Å². The fourth-order valence-electron chi connectivity index (χ4n) is 5.26. The fraction of sp³-hybridized carbons (Fsp3) is 0.688. The molecule has 0 aliphatic heterocycles. The maximum atomic E-state index is 11.1. The Balaban J connectivity index is 1.49. The van der Waals surface area contributed by atoms with Crippen LogP contribution in [0.5, 0.6) is 5.75 Å². The second-order valence-electron chi connectivity index (χ2n) is 7.13. The van der Waals surface area contributed by atoms with Crippen molar-refractivity contribution >= 4 is 17.3 Å². The van der Waals surface area contributed by atoms with Crippen molar-refractivity contribution in [2.45, 2.75) is 38.5 Å². The van der Waals surface area contributed by atoms with Crippen molar-refractivity contribution < 1.29 is 14.6 Å². The van der Waals surface area contributed by atoms with Gasteiger partial charge in [0.1, 0.15) is 5.75 Å². The largest absolute Gasteiger partial charge is 0.491 e. The lowest BCUT2D eigenvalue weighted by Gasteiger charge is -2.56. The van der Waals surface area contributed by atoms with E-state index in [0.29, 0.717) is 22.6 Å². The molecule has 0 spiro atoms. The van der Waals surface area contributed by atoms with E-state index in [1.807, 2.05) is 0 Å². The van der Waals surface area contributed by atoms with Crippen LogP contribution in [0.4, 0.5) is 0 Å². The van der Waals surface area contributed by atoms with Gasteiger partial charge in [0.2, 0.25) is 0 Å². The van der Waals surface area contributed by atoms with E-state index in [-0.39, 0.29) is 0 Å². The highest BCUT2D eigenvalue weighted by molar-refractivity contribution is 7.12. The molecule has 1 heterocycles. The van der Waals surface area contributed by atoms with Crippen LogP contribution in [0.15, 0.2) is 11.4 Å². The van der Waals surface area contributed by atoms with Crippen molar-refractivity contribution in [3.8, 4) is 5.75 Å². The van der Waals surface area contributed by atoms with E-state index in [2.05, 4.69) is 0 Å². The molecule has 1 N–H and O–H groups in total. The highest BCUT2D eigenvalue weighted by Gasteiger charge is 2.51. The Morgan fingerprint density at radius 2 is 1.85 bits per heavy atom. The van der Waals surface area contributed by atoms with Crippen molar-refractivity contribution in [3.05, 3.63) is 16.3 Å². The van der Waals surface area contributed by atoms with Gasteiger partial charge in [0, 0.05) is 5.41 Å². The predicted octanol–water partition coefficient (Wildman–Crippen LogP) is 4.04. The lowest BCUT2D eigenvalue weighted by molar-refractivity contribution is -0.0745. The molecule has 4 aliphatic rings. The van der Waals surface area contributed by atoms with Gasteiger partial charge in [-0.2, -0.15) is 0 Å². The van der Waals surface area contributed by atoms with Gasteiger partial charge in [0.15, 0.2) is 4.88 Å². The molecule has 0 amide bonds. The van der Waals surface area contributed by atoms with Crippen LogP contribution in [0.3, 0.4) is 0 Å². The van der Waals surface area contributed by atoms with Crippen LogP contribution in [0.1, 0.15) is 48.2 Å². The summed E-state index contributed by atoms with van der Waals surface area (Å²) in [6.07, 6.45) is 8.18. The summed E-state index contributed by atoms with van der Waals surface area (Å²) in [5.41, 5.74) is 0.340. The van der Waals surface area contributed by atoms with Crippen molar-refractivity contribution in [1.82, 2.24) is 0 Å². The summed E-state index contributed by atoms with van der Waals surface area (Å²) >= 11 is 1.25. The summed E-state index contributed by atoms with van der Waals surface area (Å²) < 4.78 is 5.95. The van der Waals surface area contributed by atoms with Gasteiger partial charge < -0.3 is 9.84 Å². The summed E-state index contributed by atoms with van der Waals surface area (Å²) in [6, 6.07) is 1.80. The molecule has 0 radical (unpaired) electrons. The number of carboxylic acid groups (broad SMARTS) is 1. The number of aromatic carboxylic acids is 1. The quantitative estimate of drug-likeness (QED) is 0.911. The molecule has 4 saturated carbocycles. The number of hydrogen-bond acceptors (Lipinski definition) is 3. The summed E-state index contributed by atoms with van der Waals surface area (Å²) in [4.78, 5) is 11.5. The normalized spacial score (nSPS) is 38.1. The molecule has 108 valence electrons. The molecule has 1 aromatic rings. The van der Waals surface area contributed by atoms with Gasteiger partial charge in [-0.15, -0.1) is 11.3 Å². The van der Waals surface area contributed by atoms with Crippen LogP contribution < -0.4 is 4.74 Å². The lowest BCUT2D eigenvalue weighted by Crippen LogP contribution is -2.48. The summed E-state index contributed by atoms with van der Waals surface area (Å²) in [5, 5.41) is 10.9. The molecule has 4 aliphatic carbocycles. The van der Waals surface area contributed by atoms with E-state index in [4.69, 9.17) is 9.84 Å². The van der Waals surface area contributed by atoms with Crippen LogP contribution >= 0.6 is 11.3 Å². The van der Waals surface area contributed by atoms with Crippen LogP contribution in [-0.4, -0.2) is 17.7 Å². The van der Waals surface area contributed by atoms with E-state index in [1.54, 1.807) is 11.4 Å². The minimum Gasteiger partial charge on any atom is -0.491 e. The van der Waals surface area contributed by atoms with Gasteiger partial charge in [-0.1, -0.05) is 0 Å². The minimum absolute atomic E-state index is 0.340. The van der Waals surface area contributed by atoms with Crippen LogP contribution in [0, 0.1) is 23.2 Å². The van der Waals surface area contributed by atoms with Gasteiger partial charge in [0.05, 0.1) is 6.61 Å². The first-order valence-corrected chi connectivity index (χ1v) is 8.45. The fourth-order valence-corrected chi connectivity index (χ4v) is 5.94. The van der Waals surface area contributed by atoms with E-state index in [0.717, 1.165) is 17.8 Å². The molecule has 3 nitrogen and oxygen atoms in total. The molecular formula is C16H20O3S.